The van der Waals surface area contributed by atoms with Crippen LogP contribution >= 0.6 is 0 Å². The molecule has 0 heterocycles. The van der Waals surface area contributed by atoms with Gasteiger partial charge in [-0.3, -0.25) is 0 Å². The summed E-state index contributed by atoms with van der Waals surface area (Å²) in [5.74, 6) is -2.66. The molecule has 72 valence electrons. The number of sulfonamides is 1. The number of nitrogens with two attached hydrogens (primary N) is 1. The Morgan fingerprint density at radius 2 is 1.85 bits per heavy atom. The fourth-order valence-electron chi connectivity index (χ4n) is 0.900. The van der Waals surface area contributed by atoms with Crippen molar-refractivity contribution in [3.8, 4) is 0 Å². The lowest BCUT2D eigenvalue weighted by molar-refractivity contribution is 0.484. The molecule has 0 radical (unpaired) electrons. The quantitative estimate of drug-likeness (QED) is 0.744. The van der Waals surface area contributed by atoms with Crippen molar-refractivity contribution >= 4 is 10.0 Å². The molecule has 1 aromatic carbocycles. The van der Waals surface area contributed by atoms with Crippen LogP contribution < -0.4 is 5.14 Å². The van der Waals surface area contributed by atoms with Gasteiger partial charge in [0.2, 0.25) is 10.0 Å². The molecule has 0 aliphatic rings. The molecule has 13 heavy (non-hydrogen) atoms. The third-order valence-corrected chi connectivity index (χ3v) is 2.36. The minimum absolute atomic E-state index is 0.294. The number of hydrogen-bond donors (Lipinski definition) is 1. The Hall–Kier alpha value is -1.01. The van der Waals surface area contributed by atoms with Crippen LogP contribution in [0.5, 0.6) is 0 Å². The normalized spacial score (nSPS) is 11.7. The van der Waals surface area contributed by atoms with E-state index in [4.69, 9.17) is 0 Å². The molecular formula is C7H7F2NO2S. The molecule has 0 amide bonds. The molecule has 0 saturated heterocycles. The van der Waals surface area contributed by atoms with E-state index < -0.39 is 26.6 Å². The maximum atomic E-state index is 12.8. The summed E-state index contributed by atoms with van der Waals surface area (Å²) in [6.07, 6.45) is 0. The molecule has 0 atom stereocenters. The van der Waals surface area contributed by atoms with Gasteiger partial charge in [0, 0.05) is 0 Å². The third-order valence-electron chi connectivity index (χ3n) is 1.45. The molecule has 0 aliphatic heterocycles. The summed E-state index contributed by atoms with van der Waals surface area (Å²) in [5, 5.41) is 4.66. The van der Waals surface area contributed by atoms with Crippen molar-refractivity contribution in [1.82, 2.24) is 0 Å². The van der Waals surface area contributed by atoms with Gasteiger partial charge in [0.25, 0.3) is 0 Å². The predicted octanol–water partition coefficient (Wildman–Crippen LogP) is 0.921. The largest absolute Gasteiger partial charge is 0.241 e. The number of benzene rings is 1. The first kappa shape index (κ1) is 10.1. The van der Waals surface area contributed by atoms with Crippen LogP contribution in [-0.4, -0.2) is 8.42 Å². The smallest absolute Gasteiger partial charge is 0.225 e. The first-order valence-electron chi connectivity index (χ1n) is 3.31. The molecule has 2 N–H and O–H groups in total. The second kappa shape index (κ2) is 3.04. The SMILES string of the molecule is Cc1cc(F)c(F)c(S(N)(=O)=O)c1. The molecule has 0 saturated carbocycles. The van der Waals surface area contributed by atoms with Crippen LogP contribution in [0, 0.1) is 18.6 Å². The van der Waals surface area contributed by atoms with Gasteiger partial charge in [0.05, 0.1) is 0 Å². The summed E-state index contributed by atoms with van der Waals surface area (Å²) in [6, 6.07) is 1.87. The zero-order valence-electron chi connectivity index (χ0n) is 6.71. The number of primary sulfonamides is 1. The van der Waals surface area contributed by atoms with Gasteiger partial charge >= 0.3 is 0 Å². The highest BCUT2D eigenvalue weighted by molar-refractivity contribution is 7.89. The molecule has 0 spiro atoms. The van der Waals surface area contributed by atoms with E-state index in [0.29, 0.717) is 5.56 Å². The molecule has 1 rings (SSSR count). The maximum Gasteiger partial charge on any atom is 0.241 e. The Kier molecular flexibility index (Phi) is 2.36. The molecule has 6 heteroatoms. The lowest BCUT2D eigenvalue weighted by Gasteiger charge is -2.02. The fourth-order valence-corrected chi connectivity index (χ4v) is 1.60. The van der Waals surface area contributed by atoms with Crippen LogP contribution in [0.1, 0.15) is 5.56 Å². The van der Waals surface area contributed by atoms with Crippen molar-refractivity contribution in [2.24, 2.45) is 5.14 Å². The lowest BCUT2D eigenvalue weighted by Crippen LogP contribution is -2.15. The second-order valence-corrected chi connectivity index (χ2v) is 4.13. The van der Waals surface area contributed by atoms with E-state index in [1.165, 1.54) is 6.92 Å². The minimum atomic E-state index is -4.19. The zero-order valence-corrected chi connectivity index (χ0v) is 7.53. The Morgan fingerprint density at radius 3 is 2.31 bits per heavy atom. The number of halogens is 2. The maximum absolute atomic E-state index is 12.8. The summed E-state index contributed by atoms with van der Waals surface area (Å²) in [4.78, 5) is -0.815. The Balaban J connectivity index is 3.56. The van der Waals surface area contributed by atoms with E-state index in [1.54, 1.807) is 0 Å². The summed E-state index contributed by atoms with van der Waals surface area (Å²) in [6.45, 7) is 1.44. The standard InChI is InChI=1S/C7H7F2NO2S/c1-4-2-5(8)7(9)6(3-4)13(10,11)12/h2-3H,1H3,(H2,10,11,12). The number of rotatable bonds is 1. The topological polar surface area (TPSA) is 60.2 Å². The summed E-state index contributed by atoms with van der Waals surface area (Å²) >= 11 is 0. The van der Waals surface area contributed by atoms with Crippen molar-refractivity contribution in [1.29, 1.82) is 0 Å². The Bertz CT molecular complexity index is 442. The van der Waals surface area contributed by atoms with E-state index in [9.17, 15) is 17.2 Å². The van der Waals surface area contributed by atoms with Crippen molar-refractivity contribution in [3.05, 3.63) is 29.3 Å². The summed E-state index contributed by atoms with van der Waals surface area (Å²) < 4.78 is 47.0. The Labute approximate surface area is 74.2 Å². The molecule has 0 bridgehead atoms. The van der Waals surface area contributed by atoms with E-state index in [2.05, 4.69) is 5.14 Å². The molecule has 0 fully saturated rings. The highest BCUT2D eigenvalue weighted by Crippen LogP contribution is 2.17. The first-order chi connectivity index (χ1) is 5.82. The fraction of sp³-hybridized carbons (Fsp3) is 0.143. The third kappa shape index (κ3) is 2.02. The van der Waals surface area contributed by atoms with Crippen LogP contribution in [0.15, 0.2) is 17.0 Å². The molecule has 1 aromatic rings. The van der Waals surface area contributed by atoms with Gasteiger partial charge in [-0.25, -0.2) is 22.3 Å². The molecular weight excluding hydrogens is 200 g/mol. The van der Waals surface area contributed by atoms with Crippen LogP contribution in [0.25, 0.3) is 0 Å². The monoisotopic (exact) mass is 207 g/mol. The summed E-state index contributed by atoms with van der Waals surface area (Å²) in [7, 11) is -4.19. The number of aryl methyl sites for hydroxylation is 1. The summed E-state index contributed by atoms with van der Waals surface area (Å²) in [5.41, 5.74) is 0.294. The predicted molar refractivity (Wildman–Crippen MR) is 42.5 cm³/mol. The minimum Gasteiger partial charge on any atom is -0.225 e. The Morgan fingerprint density at radius 1 is 1.31 bits per heavy atom. The average molecular weight is 207 g/mol. The average Bonchev–Trinajstić information content (AvgIpc) is 1.94. The van der Waals surface area contributed by atoms with Crippen molar-refractivity contribution in [3.63, 3.8) is 0 Å². The van der Waals surface area contributed by atoms with E-state index in [0.717, 1.165) is 12.1 Å². The lowest BCUT2D eigenvalue weighted by atomic mass is 10.2. The molecule has 0 unspecified atom stereocenters. The van der Waals surface area contributed by atoms with Gasteiger partial charge in [-0.15, -0.1) is 0 Å². The van der Waals surface area contributed by atoms with Crippen LogP contribution in [-0.2, 0) is 10.0 Å². The van der Waals surface area contributed by atoms with Crippen LogP contribution in [0.2, 0.25) is 0 Å². The molecule has 0 aliphatic carbocycles. The van der Waals surface area contributed by atoms with Crippen LogP contribution in [0.4, 0.5) is 8.78 Å². The highest BCUT2D eigenvalue weighted by atomic mass is 32.2. The van der Waals surface area contributed by atoms with E-state index >= 15 is 0 Å². The molecule has 3 nitrogen and oxygen atoms in total. The van der Waals surface area contributed by atoms with E-state index in [-0.39, 0.29) is 0 Å². The van der Waals surface area contributed by atoms with E-state index in [1.807, 2.05) is 0 Å². The van der Waals surface area contributed by atoms with Gasteiger partial charge in [-0.2, -0.15) is 0 Å². The van der Waals surface area contributed by atoms with Gasteiger partial charge in [-0.1, -0.05) is 0 Å². The highest BCUT2D eigenvalue weighted by Gasteiger charge is 2.18. The first-order valence-corrected chi connectivity index (χ1v) is 4.85. The van der Waals surface area contributed by atoms with Gasteiger partial charge < -0.3 is 0 Å². The van der Waals surface area contributed by atoms with Crippen LogP contribution in [0.3, 0.4) is 0 Å². The molecule has 0 aromatic heterocycles. The van der Waals surface area contributed by atoms with Crippen molar-refractivity contribution in [2.45, 2.75) is 11.8 Å². The van der Waals surface area contributed by atoms with Crippen molar-refractivity contribution < 1.29 is 17.2 Å². The second-order valence-electron chi connectivity index (χ2n) is 2.60. The zero-order chi connectivity index (χ0) is 10.2. The van der Waals surface area contributed by atoms with Gasteiger partial charge in [0.1, 0.15) is 4.90 Å². The van der Waals surface area contributed by atoms with Gasteiger partial charge in [-0.05, 0) is 24.6 Å². The van der Waals surface area contributed by atoms with Crippen molar-refractivity contribution in [2.75, 3.05) is 0 Å². The number of hydrogen-bond acceptors (Lipinski definition) is 2. The van der Waals surface area contributed by atoms with Gasteiger partial charge in [0.15, 0.2) is 11.6 Å².